The quantitative estimate of drug-likeness (QED) is 0.374. The molecule has 2 aliphatic carbocycles. The topological polar surface area (TPSA) is 113 Å². The lowest BCUT2D eigenvalue weighted by Crippen LogP contribution is -2.40. The van der Waals surface area contributed by atoms with E-state index in [9.17, 15) is 19.8 Å². The number of carbonyl (C=O) groups excluding carboxylic acids is 2. The second kappa shape index (κ2) is 7.22. The van der Waals surface area contributed by atoms with Crippen molar-refractivity contribution in [2.45, 2.75) is 44.5 Å². The summed E-state index contributed by atoms with van der Waals surface area (Å²) >= 11 is 0. The first-order valence-corrected chi connectivity index (χ1v) is 9.11. The van der Waals surface area contributed by atoms with E-state index in [4.69, 9.17) is 14.6 Å². The number of aliphatic hydroxyl groups excluding tert-OH is 2. The zero-order chi connectivity index (χ0) is 19.9. The summed E-state index contributed by atoms with van der Waals surface area (Å²) in [4.78, 5) is 24.6. The van der Waals surface area contributed by atoms with Crippen molar-refractivity contribution in [1.29, 1.82) is 0 Å². The van der Waals surface area contributed by atoms with Gasteiger partial charge in [0, 0.05) is 23.8 Å². The van der Waals surface area contributed by atoms with Gasteiger partial charge in [-0.15, -0.1) is 0 Å². The van der Waals surface area contributed by atoms with Crippen molar-refractivity contribution >= 4 is 11.9 Å². The normalized spacial score (nSPS) is 38.6. The second-order valence-electron chi connectivity index (χ2n) is 7.81. The summed E-state index contributed by atoms with van der Waals surface area (Å²) in [7, 11) is 0. The van der Waals surface area contributed by atoms with Gasteiger partial charge in [-0.25, -0.2) is 9.59 Å². The van der Waals surface area contributed by atoms with Crippen LogP contribution in [0.25, 0.3) is 0 Å². The molecule has 0 aromatic rings. The van der Waals surface area contributed by atoms with Crippen LogP contribution in [0.5, 0.6) is 0 Å². The van der Waals surface area contributed by atoms with Crippen LogP contribution in [0.2, 0.25) is 0 Å². The van der Waals surface area contributed by atoms with Gasteiger partial charge in [0.1, 0.15) is 12.2 Å². The minimum Gasteiger partial charge on any atom is -0.458 e. The molecule has 0 amide bonds. The van der Waals surface area contributed by atoms with Crippen molar-refractivity contribution in [2.75, 3.05) is 13.2 Å². The number of esters is 2. The maximum atomic E-state index is 12.4. The zero-order valence-corrected chi connectivity index (χ0v) is 15.6. The molecule has 1 aliphatic heterocycles. The summed E-state index contributed by atoms with van der Waals surface area (Å²) in [6.45, 7) is 6.50. The SMILES string of the molecule is C=C1C(=O)OC2C1C(OC(=O)C(=CCO)CO)CC(C)(O)C1CC=C(C)C21. The van der Waals surface area contributed by atoms with Crippen LogP contribution in [0.4, 0.5) is 0 Å². The van der Waals surface area contributed by atoms with Gasteiger partial charge in [-0.05, 0) is 26.3 Å². The van der Waals surface area contributed by atoms with Crippen molar-refractivity contribution in [2.24, 2.45) is 17.8 Å². The fourth-order valence-electron chi connectivity index (χ4n) is 4.72. The molecule has 3 N–H and O–H groups in total. The third kappa shape index (κ3) is 3.35. The highest BCUT2D eigenvalue weighted by molar-refractivity contribution is 5.92. The summed E-state index contributed by atoms with van der Waals surface area (Å²) in [5.74, 6) is -2.20. The Morgan fingerprint density at radius 1 is 1.44 bits per heavy atom. The number of allylic oxidation sites excluding steroid dienone is 1. The maximum absolute atomic E-state index is 12.4. The van der Waals surface area contributed by atoms with Gasteiger partial charge >= 0.3 is 11.9 Å². The van der Waals surface area contributed by atoms with Crippen molar-refractivity contribution in [3.05, 3.63) is 35.5 Å². The number of ether oxygens (including phenoxy) is 2. The van der Waals surface area contributed by atoms with Crippen LogP contribution in [0.3, 0.4) is 0 Å². The summed E-state index contributed by atoms with van der Waals surface area (Å²) in [5.41, 5.74) is 0.0534. The molecule has 7 heteroatoms. The molecule has 1 saturated carbocycles. The van der Waals surface area contributed by atoms with E-state index in [0.29, 0.717) is 6.42 Å². The van der Waals surface area contributed by atoms with E-state index in [1.54, 1.807) is 6.92 Å². The third-order valence-corrected chi connectivity index (χ3v) is 6.11. The summed E-state index contributed by atoms with van der Waals surface area (Å²) in [6.07, 6.45) is 2.61. The number of carbonyl (C=O) groups is 2. The predicted octanol–water partition coefficient (Wildman–Crippen LogP) is 0.644. The Morgan fingerprint density at radius 2 is 2.15 bits per heavy atom. The molecule has 1 heterocycles. The molecule has 6 atom stereocenters. The molecule has 0 aromatic heterocycles. The van der Waals surface area contributed by atoms with Gasteiger partial charge in [-0.2, -0.15) is 0 Å². The monoisotopic (exact) mass is 378 g/mol. The van der Waals surface area contributed by atoms with Crippen molar-refractivity contribution in [3.8, 4) is 0 Å². The number of fused-ring (bicyclic) bond motifs is 3. The van der Waals surface area contributed by atoms with Gasteiger partial charge in [0.25, 0.3) is 0 Å². The van der Waals surface area contributed by atoms with Crippen LogP contribution >= 0.6 is 0 Å². The first-order chi connectivity index (χ1) is 12.7. The lowest BCUT2D eigenvalue weighted by Gasteiger charge is -2.34. The Labute approximate surface area is 158 Å². The van der Waals surface area contributed by atoms with E-state index >= 15 is 0 Å². The minimum absolute atomic E-state index is 0.0786. The predicted molar refractivity (Wildman–Crippen MR) is 95.2 cm³/mol. The first kappa shape index (κ1) is 19.8. The Hall–Kier alpha value is -1.96. The lowest BCUT2D eigenvalue weighted by atomic mass is 9.76. The van der Waals surface area contributed by atoms with Crippen molar-refractivity contribution < 1.29 is 34.4 Å². The Bertz CT molecular complexity index is 718. The molecule has 0 bridgehead atoms. The Balaban J connectivity index is 1.97. The summed E-state index contributed by atoms with van der Waals surface area (Å²) < 4.78 is 11.2. The molecule has 148 valence electrons. The molecular formula is C20H26O7. The van der Waals surface area contributed by atoms with Crippen LogP contribution < -0.4 is 0 Å². The molecule has 3 aliphatic rings. The average molecular weight is 378 g/mol. The van der Waals surface area contributed by atoms with Crippen molar-refractivity contribution in [1.82, 2.24) is 0 Å². The highest BCUT2D eigenvalue weighted by atomic mass is 16.6. The standard InChI is InChI=1S/C20H26O7/c1-10-4-5-13-15(10)17-16(11(2)18(23)27-17)14(8-20(13,3)25)26-19(24)12(9-22)6-7-21/h4,6,13-17,21-22,25H,2,5,7-9H2,1,3H3. The number of hydrogen-bond donors (Lipinski definition) is 3. The maximum Gasteiger partial charge on any atom is 0.336 e. The second-order valence-corrected chi connectivity index (χ2v) is 7.81. The zero-order valence-electron chi connectivity index (χ0n) is 15.6. The average Bonchev–Trinajstić information content (AvgIpc) is 3.09. The van der Waals surface area contributed by atoms with Gasteiger partial charge in [-0.1, -0.05) is 18.2 Å². The Morgan fingerprint density at radius 3 is 2.78 bits per heavy atom. The molecule has 1 saturated heterocycles. The number of aliphatic hydroxyl groups is 3. The van der Waals surface area contributed by atoms with Crippen LogP contribution in [0.1, 0.15) is 26.7 Å². The number of hydrogen-bond acceptors (Lipinski definition) is 7. The number of rotatable bonds is 4. The van der Waals surface area contributed by atoms with Gasteiger partial charge in [0.2, 0.25) is 0 Å². The van der Waals surface area contributed by atoms with Gasteiger partial charge in [0.15, 0.2) is 0 Å². The van der Waals surface area contributed by atoms with E-state index < -0.39 is 48.9 Å². The molecule has 2 fully saturated rings. The van der Waals surface area contributed by atoms with E-state index in [1.807, 2.05) is 6.92 Å². The highest BCUT2D eigenvalue weighted by Gasteiger charge is 2.58. The fraction of sp³-hybridized carbons (Fsp3) is 0.600. The first-order valence-electron chi connectivity index (χ1n) is 9.11. The molecule has 0 radical (unpaired) electrons. The summed E-state index contributed by atoms with van der Waals surface area (Å²) in [5, 5.41) is 29.5. The van der Waals surface area contributed by atoms with Crippen LogP contribution in [-0.2, 0) is 19.1 Å². The van der Waals surface area contributed by atoms with Crippen molar-refractivity contribution in [3.63, 3.8) is 0 Å². The molecule has 27 heavy (non-hydrogen) atoms. The fourth-order valence-corrected chi connectivity index (χ4v) is 4.72. The lowest BCUT2D eigenvalue weighted by molar-refractivity contribution is -0.150. The van der Waals surface area contributed by atoms with Gasteiger partial charge in [0.05, 0.1) is 30.3 Å². The van der Waals surface area contributed by atoms with Gasteiger partial charge in [-0.3, -0.25) is 0 Å². The molecule has 7 nitrogen and oxygen atoms in total. The van der Waals surface area contributed by atoms with E-state index in [-0.39, 0.29) is 29.4 Å². The molecular weight excluding hydrogens is 352 g/mol. The van der Waals surface area contributed by atoms with E-state index in [0.717, 1.165) is 5.57 Å². The molecule has 6 unspecified atom stereocenters. The van der Waals surface area contributed by atoms with Crippen LogP contribution in [-0.4, -0.2) is 58.3 Å². The molecule has 0 spiro atoms. The molecule has 3 rings (SSSR count). The highest BCUT2D eigenvalue weighted by Crippen LogP contribution is 2.52. The van der Waals surface area contributed by atoms with Gasteiger partial charge < -0.3 is 24.8 Å². The van der Waals surface area contributed by atoms with E-state index in [1.165, 1.54) is 6.08 Å². The van der Waals surface area contributed by atoms with Crippen LogP contribution in [0, 0.1) is 17.8 Å². The molecule has 0 aromatic carbocycles. The Kier molecular flexibility index (Phi) is 5.29. The summed E-state index contributed by atoms with van der Waals surface area (Å²) in [6, 6.07) is 0. The minimum atomic E-state index is -1.14. The van der Waals surface area contributed by atoms with Crippen LogP contribution in [0.15, 0.2) is 35.5 Å². The largest absolute Gasteiger partial charge is 0.458 e. The third-order valence-electron chi connectivity index (χ3n) is 6.11. The van der Waals surface area contributed by atoms with E-state index in [2.05, 4.69) is 12.7 Å². The smallest absolute Gasteiger partial charge is 0.336 e.